The van der Waals surface area contributed by atoms with E-state index in [2.05, 4.69) is 5.32 Å². The lowest BCUT2D eigenvalue weighted by Gasteiger charge is -2.02. The fourth-order valence-electron chi connectivity index (χ4n) is 2.26. The van der Waals surface area contributed by atoms with Gasteiger partial charge in [-0.2, -0.15) is 0 Å². The first-order valence-corrected chi connectivity index (χ1v) is 8.33. The molecule has 0 amide bonds. The van der Waals surface area contributed by atoms with Crippen molar-refractivity contribution < 1.29 is 33.0 Å². The summed E-state index contributed by atoms with van der Waals surface area (Å²) in [6, 6.07) is 9.04. The van der Waals surface area contributed by atoms with Crippen molar-refractivity contribution in [2.75, 3.05) is 14.1 Å². The highest BCUT2D eigenvalue weighted by molar-refractivity contribution is 6.07. The number of ketones is 1. The van der Waals surface area contributed by atoms with E-state index in [1.807, 2.05) is 14.1 Å². The molecule has 0 fully saturated rings. The highest BCUT2D eigenvalue weighted by atomic mass is 19.1. The summed E-state index contributed by atoms with van der Waals surface area (Å²) in [5.74, 6) is -5.41. The zero-order chi connectivity index (χ0) is 21.6. The van der Waals surface area contributed by atoms with Crippen LogP contribution in [0.15, 0.2) is 56.1 Å². The Labute approximate surface area is 164 Å². The van der Waals surface area contributed by atoms with E-state index in [-0.39, 0.29) is 18.0 Å². The number of aromatic hydroxyl groups is 1. The van der Waals surface area contributed by atoms with Gasteiger partial charge in [0.2, 0.25) is 22.7 Å². The second-order valence-electron chi connectivity index (χ2n) is 5.86. The first kappa shape index (κ1) is 21.6. The summed E-state index contributed by atoms with van der Waals surface area (Å²) in [5.41, 5.74) is -0.322. The summed E-state index contributed by atoms with van der Waals surface area (Å²) in [6.07, 6.45) is 0.276. The number of furan rings is 1. The second-order valence-corrected chi connectivity index (χ2v) is 5.86. The number of carbonyl (C=O) groups excluding carboxylic acids is 1. The monoisotopic (exact) mass is 403 g/mol. The predicted octanol–water partition coefficient (Wildman–Crippen LogP) is 2.43. The fraction of sp³-hybridized carbons (Fsp3) is 0.150. The van der Waals surface area contributed by atoms with Crippen molar-refractivity contribution in [1.29, 1.82) is 0 Å². The molecule has 8 nitrogen and oxygen atoms in total. The molecule has 1 aromatic carbocycles. The Hall–Kier alpha value is -3.72. The average Bonchev–Trinajstić information content (AvgIpc) is 3.14. The minimum Gasteiger partial charge on any atom is -0.501 e. The highest BCUT2D eigenvalue weighted by Crippen LogP contribution is 2.21. The molecule has 0 aliphatic rings. The molecule has 3 aromatic rings. The molecule has 0 bridgehead atoms. The third-order valence-corrected chi connectivity index (χ3v) is 3.52. The van der Waals surface area contributed by atoms with Crippen molar-refractivity contribution in [2.45, 2.75) is 6.42 Å². The number of hydrogen-bond donors (Lipinski definition) is 3. The van der Waals surface area contributed by atoms with E-state index in [0.29, 0.717) is 11.8 Å². The first-order valence-electron chi connectivity index (χ1n) is 8.33. The molecule has 0 saturated carbocycles. The van der Waals surface area contributed by atoms with Gasteiger partial charge in [0.1, 0.15) is 11.6 Å². The van der Waals surface area contributed by atoms with Gasteiger partial charge in [0.15, 0.2) is 5.76 Å². The van der Waals surface area contributed by atoms with Crippen LogP contribution in [0.1, 0.15) is 38.2 Å². The van der Waals surface area contributed by atoms with Crippen LogP contribution < -0.4 is 10.7 Å². The molecule has 152 valence electrons. The molecule has 0 aliphatic heterocycles. The zero-order valence-corrected chi connectivity index (χ0v) is 15.6. The molecule has 3 rings (SSSR count). The van der Waals surface area contributed by atoms with Crippen molar-refractivity contribution in [2.24, 2.45) is 0 Å². The Morgan fingerprint density at radius 1 is 1.03 bits per heavy atom. The molecule has 9 heteroatoms. The summed E-state index contributed by atoms with van der Waals surface area (Å²) < 4.78 is 23.1. The molecule has 0 unspecified atom stereocenters. The minimum atomic E-state index is -1.56. The van der Waals surface area contributed by atoms with Gasteiger partial charge >= 0.3 is 5.97 Å². The number of rotatable bonds is 5. The molecule has 3 N–H and O–H groups in total. The van der Waals surface area contributed by atoms with Crippen LogP contribution in [0.5, 0.6) is 5.75 Å². The summed E-state index contributed by atoms with van der Waals surface area (Å²) in [7, 11) is 3.75. The minimum absolute atomic E-state index is 0.247. The van der Waals surface area contributed by atoms with Gasteiger partial charge in [-0.3, -0.25) is 9.59 Å². The number of carboxylic acid groups (broad SMARTS) is 1. The summed E-state index contributed by atoms with van der Waals surface area (Å²) in [4.78, 5) is 34.9. The van der Waals surface area contributed by atoms with E-state index in [1.165, 1.54) is 24.3 Å². The standard InChI is InChI=1S/C18H11FO7.C2H7N/c19-10-3-1-9(2-4-10)7-11-5-6-13(25-11)16(22)17-15(21)12(20)8-14(26-17)18(23)24;1-3-2/h1-6,8,21H,7H2,(H,23,24);3H,1-2H3. The van der Waals surface area contributed by atoms with Gasteiger partial charge in [0, 0.05) is 12.5 Å². The maximum Gasteiger partial charge on any atom is 0.371 e. The predicted molar refractivity (Wildman–Crippen MR) is 99.9 cm³/mol. The third kappa shape index (κ3) is 5.39. The Balaban J connectivity index is 0.000000941. The van der Waals surface area contributed by atoms with Crippen LogP contribution in [0.4, 0.5) is 4.39 Å². The second kappa shape index (κ2) is 9.47. The summed E-state index contributed by atoms with van der Waals surface area (Å²) >= 11 is 0. The van der Waals surface area contributed by atoms with Gasteiger partial charge in [-0.05, 0) is 43.9 Å². The molecule has 0 saturated heterocycles. The van der Waals surface area contributed by atoms with E-state index in [4.69, 9.17) is 13.9 Å². The van der Waals surface area contributed by atoms with E-state index in [1.54, 1.807) is 12.1 Å². The first-order chi connectivity index (χ1) is 13.8. The van der Waals surface area contributed by atoms with Crippen molar-refractivity contribution in [3.05, 3.63) is 87.1 Å². The lowest BCUT2D eigenvalue weighted by Crippen LogP contribution is -2.12. The lowest BCUT2D eigenvalue weighted by atomic mass is 10.1. The third-order valence-electron chi connectivity index (χ3n) is 3.52. The van der Waals surface area contributed by atoms with Crippen LogP contribution in [0.3, 0.4) is 0 Å². The fourth-order valence-corrected chi connectivity index (χ4v) is 2.26. The van der Waals surface area contributed by atoms with E-state index < -0.39 is 34.5 Å². The number of benzene rings is 1. The van der Waals surface area contributed by atoms with E-state index in [9.17, 15) is 23.9 Å². The molecular weight excluding hydrogens is 385 g/mol. The molecule has 2 aromatic heterocycles. The SMILES string of the molecule is CNC.O=C(O)c1cc(=O)c(O)c(C(=O)c2ccc(Cc3ccc(F)cc3)o2)o1. The number of halogens is 1. The molecule has 0 radical (unpaired) electrons. The zero-order valence-electron chi connectivity index (χ0n) is 15.6. The molecular formula is C20H18FNO7. The van der Waals surface area contributed by atoms with Crippen LogP contribution in [-0.2, 0) is 6.42 Å². The van der Waals surface area contributed by atoms with Crippen molar-refractivity contribution in [1.82, 2.24) is 5.32 Å². The van der Waals surface area contributed by atoms with Gasteiger partial charge in [-0.1, -0.05) is 12.1 Å². The number of carbonyl (C=O) groups is 2. The molecule has 0 atom stereocenters. The Bertz CT molecular complexity index is 1070. The van der Waals surface area contributed by atoms with Crippen LogP contribution >= 0.6 is 0 Å². The van der Waals surface area contributed by atoms with E-state index >= 15 is 0 Å². The average molecular weight is 403 g/mol. The summed E-state index contributed by atoms with van der Waals surface area (Å²) in [6.45, 7) is 0. The Morgan fingerprint density at radius 2 is 1.66 bits per heavy atom. The van der Waals surface area contributed by atoms with Crippen LogP contribution in [0.2, 0.25) is 0 Å². The van der Waals surface area contributed by atoms with Crippen molar-refractivity contribution in [3.8, 4) is 5.75 Å². The smallest absolute Gasteiger partial charge is 0.371 e. The van der Waals surface area contributed by atoms with Crippen LogP contribution in [-0.4, -0.2) is 36.1 Å². The lowest BCUT2D eigenvalue weighted by molar-refractivity contribution is 0.0655. The largest absolute Gasteiger partial charge is 0.501 e. The van der Waals surface area contributed by atoms with Gasteiger partial charge in [-0.25, -0.2) is 9.18 Å². The maximum absolute atomic E-state index is 12.9. The number of nitrogens with one attached hydrogen (secondary N) is 1. The van der Waals surface area contributed by atoms with Crippen LogP contribution in [0.25, 0.3) is 0 Å². The van der Waals surface area contributed by atoms with Gasteiger partial charge < -0.3 is 24.4 Å². The topological polar surface area (TPSA) is 130 Å². The van der Waals surface area contributed by atoms with Gasteiger partial charge in [0.25, 0.3) is 5.78 Å². The van der Waals surface area contributed by atoms with Crippen LogP contribution in [0, 0.1) is 5.82 Å². The number of aromatic carboxylic acids is 1. The van der Waals surface area contributed by atoms with Gasteiger partial charge in [0.05, 0.1) is 0 Å². The summed E-state index contributed by atoms with van der Waals surface area (Å²) in [5, 5.41) is 21.3. The molecule has 2 heterocycles. The normalized spacial score (nSPS) is 10.2. The number of hydrogen-bond acceptors (Lipinski definition) is 7. The quantitative estimate of drug-likeness (QED) is 0.554. The Morgan fingerprint density at radius 3 is 2.24 bits per heavy atom. The van der Waals surface area contributed by atoms with Crippen molar-refractivity contribution >= 4 is 11.8 Å². The number of carboxylic acids is 1. The van der Waals surface area contributed by atoms with Crippen molar-refractivity contribution in [3.63, 3.8) is 0 Å². The highest BCUT2D eigenvalue weighted by Gasteiger charge is 2.25. The molecule has 0 spiro atoms. The maximum atomic E-state index is 12.9. The van der Waals surface area contributed by atoms with Gasteiger partial charge in [-0.15, -0.1) is 0 Å². The Kier molecular flexibility index (Phi) is 7.05. The molecule has 0 aliphatic carbocycles. The van der Waals surface area contributed by atoms with E-state index in [0.717, 1.165) is 5.56 Å². The molecule has 29 heavy (non-hydrogen) atoms.